The minimum absolute atomic E-state index is 0.205. The van der Waals surface area contributed by atoms with Crippen molar-refractivity contribution in [2.45, 2.75) is 13.3 Å². The molecule has 88 valence electrons. The number of nitrogens with two attached hydrogens (primary N) is 1. The summed E-state index contributed by atoms with van der Waals surface area (Å²) >= 11 is 5.91. The van der Waals surface area contributed by atoms with E-state index in [0.29, 0.717) is 17.4 Å². The van der Waals surface area contributed by atoms with Crippen LogP contribution in [0.1, 0.15) is 23.8 Å². The van der Waals surface area contributed by atoms with Crippen molar-refractivity contribution in [2.24, 2.45) is 5.84 Å². The average Bonchev–Trinajstić information content (AvgIpc) is 2.29. The highest BCUT2D eigenvalue weighted by molar-refractivity contribution is 6.33. The Bertz CT molecular complexity index is 383. The predicted molar refractivity (Wildman–Crippen MR) is 64.3 cm³/mol. The second kappa shape index (κ2) is 5.67. The van der Waals surface area contributed by atoms with Crippen molar-refractivity contribution in [2.75, 3.05) is 19.0 Å². The minimum atomic E-state index is -0.205. The second-order valence-corrected chi connectivity index (χ2v) is 3.81. The zero-order valence-corrected chi connectivity index (χ0v) is 10.1. The molecule has 1 rings (SSSR count). The fraction of sp³-hybridized carbons (Fsp3) is 0.400. The monoisotopic (exact) mass is 242 g/mol. The van der Waals surface area contributed by atoms with Gasteiger partial charge < -0.3 is 10.3 Å². The molecule has 0 aliphatic heterocycles. The lowest BCUT2D eigenvalue weighted by Gasteiger charge is -2.16. The van der Waals surface area contributed by atoms with Crippen LogP contribution in [0, 0.1) is 0 Å². The zero-order chi connectivity index (χ0) is 12.1. The van der Waals surface area contributed by atoms with Crippen LogP contribution in [-0.2, 0) is 0 Å². The Hall–Kier alpha value is -1.33. The third kappa shape index (κ3) is 2.84. The minimum Gasteiger partial charge on any atom is -0.340 e. The summed E-state index contributed by atoms with van der Waals surface area (Å²) < 4.78 is 0. The summed E-state index contributed by atoms with van der Waals surface area (Å²) in [6, 6.07) is 3.20. The van der Waals surface area contributed by atoms with E-state index in [9.17, 15) is 4.79 Å². The molecule has 16 heavy (non-hydrogen) atoms. The van der Waals surface area contributed by atoms with Crippen LogP contribution in [0.4, 0.5) is 5.82 Å². The maximum atomic E-state index is 11.9. The summed E-state index contributed by atoms with van der Waals surface area (Å²) in [5, 5.41) is 0.326. The van der Waals surface area contributed by atoms with Crippen molar-refractivity contribution in [1.29, 1.82) is 0 Å². The summed E-state index contributed by atoms with van der Waals surface area (Å²) in [6.07, 6.45) is 0.884. The molecule has 1 amide bonds. The first-order valence-corrected chi connectivity index (χ1v) is 5.36. The van der Waals surface area contributed by atoms with Crippen LogP contribution < -0.4 is 11.3 Å². The van der Waals surface area contributed by atoms with E-state index < -0.39 is 0 Å². The molecule has 0 aromatic carbocycles. The summed E-state index contributed by atoms with van der Waals surface area (Å²) in [6.45, 7) is 2.66. The molecule has 0 unspecified atom stereocenters. The van der Waals surface area contributed by atoms with Gasteiger partial charge in [0.05, 0.1) is 5.02 Å². The largest absolute Gasteiger partial charge is 0.340 e. The molecule has 0 spiro atoms. The number of hydrogen-bond acceptors (Lipinski definition) is 4. The Balaban J connectivity index is 2.97. The second-order valence-electron chi connectivity index (χ2n) is 3.40. The number of nitrogen functional groups attached to an aromatic ring is 1. The lowest BCUT2D eigenvalue weighted by molar-refractivity contribution is 0.0789. The van der Waals surface area contributed by atoms with Crippen LogP contribution in [0.15, 0.2) is 12.1 Å². The lowest BCUT2D eigenvalue weighted by atomic mass is 10.3. The van der Waals surface area contributed by atoms with Crippen LogP contribution in [0.25, 0.3) is 0 Å². The van der Waals surface area contributed by atoms with Gasteiger partial charge in [-0.05, 0) is 18.6 Å². The topological polar surface area (TPSA) is 71.2 Å². The molecule has 0 fully saturated rings. The summed E-state index contributed by atoms with van der Waals surface area (Å²) in [5.41, 5.74) is 2.60. The Morgan fingerprint density at radius 2 is 2.31 bits per heavy atom. The van der Waals surface area contributed by atoms with Crippen molar-refractivity contribution in [3.05, 3.63) is 22.8 Å². The lowest BCUT2D eigenvalue weighted by Crippen LogP contribution is -2.28. The summed E-state index contributed by atoms with van der Waals surface area (Å²) in [5.74, 6) is 5.43. The molecule has 5 nitrogen and oxygen atoms in total. The maximum absolute atomic E-state index is 11.9. The van der Waals surface area contributed by atoms with Gasteiger partial charge in [0.15, 0.2) is 0 Å². The average molecular weight is 243 g/mol. The standard InChI is InChI=1S/C10H15ClN4O/c1-3-6-15(2)10(16)9-7(11)4-5-8(13-9)14-12/h4-5H,3,6,12H2,1-2H3,(H,13,14). The number of anilines is 1. The van der Waals surface area contributed by atoms with Gasteiger partial charge in [-0.25, -0.2) is 10.8 Å². The van der Waals surface area contributed by atoms with E-state index in [4.69, 9.17) is 17.4 Å². The van der Waals surface area contributed by atoms with E-state index in [1.54, 1.807) is 24.1 Å². The van der Waals surface area contributed by atoms with Crippen LogP contribution in [0.2, 0.25) is 5.02 Å². The van der Waals surface area contributed by atoms with Crippen LogP contribution in [0.5, 0.6) is 0 Å². The number of nitrogens with one attached hydrogen (secondary N) is 1. The maximum Gasteiger partial charge on any atom is 0.273 e. The number of rotatable bonds is 4. The van der Waals surface area contributed by atoms with E-state index in [1.165, 1.54) is 0 Å². The zero-order valence-electron chi connectivity index (χ0n) is 9.33. The molecular formula is C10H15ClN4O. The van der Waals surface area contributed by atoms with Gasteiger partial charge in [0, 0.05) is 13.6 Å². The molecule has 1 aromatic heterocycles. The van der Waals surface area contributed by atoms with Gasteiger partial charge in [-0.15, -0.1) is 0 Å². The first-order valence-electron chi connectivity index (χ1n) is 4.98. The third-order valence-corrected chi connectivity index (χ3v) is 2.41. The highest BCUT2D eigenvalue weighted by Gasteiger charge is 2.16. The number of aromatic nitrogens is 1. The van der Waals surface area contributed by atoms with Gasteiger partial charge in [0.1, 0.15) is 11.5 Å². The highest BCUT2D eigenvalue weighted by Crippen LogP contribution is 2.17. The number of hydrazine groups is 1. The molecular weight excluding hydrogens is 228 g/mol. The number of halogens is 1. The van der Waals surface area contributed by atoms with E-state index in [0.717, 1.165) is 6.42 Å². The van der Waals surface area contributed by atoms with Gasteiger partial charge in [0.25, 0.3) is 5.91 Å². The van der Waals surface area contributed by atoms with E-state index >= 15 is 0 Å². The summed E-state index contributed by atoms with van der Waals surface area (Å²) in [4.78, 5) is 17.5. The molecule has 0 aliphatic rings. The van der Waals surface area contributed by atoms with Crippen LogP contribution in [-0.4, -0.2) is 29.4 Å². The van der Waals surface area contributed by atoms with E-state index in [-0.39, 0.29) is 11.6 Å². The number of amides is 1. The van der Waals surface area contributed by atoms with E-state index in [2.05, 4.69) is 10.4 Å². The fourth-order valence-electron chi connectivity index (χ4n) is 1.29. The molecule has 1 aromatic rings. The Labute approximate surface area is 99.6 Å². The normalized spacial score (nSPS) is 10.0. The third-order valence-electron chi connectivity index (χ3n) is 2.10. The molecule has 0 aliphatic carbocycles. The molecule has 3 N–H and O–H groups in total. The SMILES string of the molecule is CCCN(C)C(=O)c1nc(NN)ccc1Cl. The number of carbonyl (C=O) groups is 1. The number of pyridine rings is 1. The van der Waals surface area contributed by atoms with Crippen molar-refractivity contribution in [1.82, 2.24) is 9.88 Å². The molecule has 0 radical (unpaired) electrons. The summed E-state index contributed by atoms with van der Waals surface area (Å²) in [7, 11) is 1.71. The first-order chi connectivity index (χ1) is 7.60. The van der Waals surface area contributed by atoms with Crippen LogP contribution in [0.3, 0.4) is 0 Å². The van der Waals surface area contributed by atoms with Gasteiger partial charge >= 0.3 is 0 Å². The van der Waals surface area contributed by atoms with Crippen molar-refractivity contribution in [3.63, 3.8) is 0 Å². The predicted octanol–water partition coefficient (Wildman–Crippen LogP) is 1.50. The number of hydrogen-bond donors (Lipinski definition) is 2. The molecule has 0 bridgehead atoms. The van der Waals surface area contributed by atoms with Gasteiger partial charge in [-0.3, -0.25) is 4.79 Å². The Kier molecular flexibility index (Phi) is 4.52. The van der Waals surface area contributed by atoms with Crippen molar-refractivity contribution in [3.8, 4) is 0 Å². The molecule has 1 heterocycles. The quantitative estimate of drug-likeness (QED) is 0.620. The van der Waals surface area contributed by atoms with E-state index in [1.807, 2.05) is 6.92 Å². The van der Waals surface area contributed by atoms with Gasteiger partial charge in [-0.1, -0.05) is 18.5 Å². The molecule has 0 saturated carbocycles. The molecule has 0 saturated heterocycles. The fourth-order valence-corrected chi connectivity index (χ4v) is 1.48. The Morgan fingerprint density at radius 3 is 2.88 bits per heavy atom. The van der Waals surface area contributed by atoms with Gasteiger partial charge in [0.2, 0.25) is 0 Å². The highest BCUT2D eigenvalue weighted by atomic mass is 35.5. The molecule has 6 heteroatoms. The molecule has 0 atom stereocenters. The smallest absolute Gasteiger partial charge is 0.273 e. The number of carbonyl (C=O) groups excluding carboxylic acids is 1. The van der Waals surface area contributed by atoms with Gasteiger partial charge in [-0.2, -0.15) is 0 Å². The van der Waals surface area contributed by atoms with Crippen LogP contribution >= 0.6 is 11.6 Å². The number of nitrogens with zero attached hydrogens (tertiary/aromatic N) is 2. The Morgan fingerprint density at radius 1 is 1.62 bits per heavy atom. The first kappa shape index (κ1) is 12.7. The van der Waals surface area contributed by atoms with Crippen molar-refractivity contribution < 1.29 is 4.79 Å². The van der Waals surface area contributed by atoms with Crippen molar-refractivity contribution >= 4 is 23.3 Å².